The minimum absolute atomic E-state index is 0.0986. The van der Waals surface area contributed by atoms with Crippen molar-refractivity contribution < 1.29 is 9.15 Å². The van der Waals surface area contributed by atoms with E-state index in [0.29, 0.717) is 6.61 Å². The van der Waals surface area contributed by atoms with Gasteiger partial charge in [-0.25, -0.2) is 0 Å². The molecule has 0 aliphatic rings. The summed E-state index contributed by atoms with van der Waals surface area (Å²) < 4.78 is 11.0. The molecule has 0 saturated heterocycles. The van der Waals surface area contributed by atoms with E-state index in [4.69, 9.17) is 9.15 Å². The number of nitrogens with one attached hydrogen (secondary N) is 1. The smallest absolute Gasteiger partial charge is 0.129 e. The summed E-state index contributed by atoms with van der Waals surface area (Å²) in [6, 6.07) is 12.9. The van der Waals surface area contributed by atoms with Crippen molar-refractivity contribution in [1.29, 1.82) is 0 Å². The van der Waals surface area contributed by atoms with Crippen LogP contribution in [0.1, 0.15) is 49.0 Å². The Morgan fingerprint density at radius 3 is 2.48 bits per heavy atom. The first kappa shape index (κ1) is 15.8. The van der Waals surface area contributed by atoms with Crippen molar-refractivity contribution in [3.8, 4) is 0 Å². The molecule has 1 unspecified atom stereocenters. The number of hydrogen-bond donors (Lipinski definition) is 1. The molecule has 0 fully saturated rings. The minimum Gasteiger partial charge on any atom is -0.462 e. The van der Waals surface area contributed by atoms with Crippen molar-refractivity contribution in [2.24, 2.45) is 0 Å². The third-order valence-electron chi connectivity index (χ3n) is 3.57. The van der Waals surface area contributed by atoms with Gasteiger partial charge in [0, 0.05) is 7.11 Å². The van der Waals surface area contributed by atoms with Crippen LogP contribution in [0.3, 0.4) is 0 Å². The second kappa shape index (κ2) is 8.01. The molecule has 114 valence electrons. The number of rotatable bonds is 8. The van der Waals surface area contributed by atoms with Crippen molar-refractivity contribution in [2.45, 2.75) is 39.3 Å². The fourth-order valence-corrected chi connectivity index (χ4v) is 2.39. The third-order valence-corrected chi connectivity index (χ3v) is 3.57. The van der Waals surface area contributed by atoms with Gasteiger partial charge in [0.1, 0.15) is 18.1 Å². The summed E-state index contributed by atoms with van der Waals surface area (Å²) in [6.07, 6.45) is 2.15. The van der Waals surface area contributed by atoms with Crippen LogP contribution in [-0.4, -0.2) is 13.7 Å². The molecule has 0 radical (unpaired) electrons. The lowest BCUT2D eigenvalue weighted by Gasteiger charge is -2.17. The van der Waals surface area contributed by atoms with Gasteiger partial charge in [-0.1, -0.05) is 38.1 Å². The first-order valence-corrected chi connectivity index (χ1v) is 7.68. The van der Waals surface area contributed by atoms with Crippen molar-refractivity contribution in [3.63, 3.8) is 0 Å². The molecule has 1 heterocycles. The normalized spacial score (nSPS) is 12.5. The predicted octanol–water partition coefficient (Wildman–Crippen LogP) is 4.08. The SMILES string of the molecule is CCCNC(c1ccc(CC)cc1)c1ccc(COC)o1. The van der Waals surface area contributed by atoms with Crippen LogP contribution in [0.4, 0.5) is 0 Å². The van der Waals surface area contributed by atoms with E-state index < -0.39 is 0 Å². The molecule has 0 aliphatic heterocycles. The highest BCUT2D eigenvalue weighted by Crippen LogP contribution is 2.25. The van der Waals surface area contributed by atoms with E-state index in [-0.39, 0.29) is 6.04 Å². The number of methoxy groups -OCH3 is 1. The Balaban J connectivity index is 2.22. The number of benzene rings is 1. The topological polar surface area (TPSA) is 34.4 Å². The molecule has 21 heavy (non-hydrogen) atoms. The fourth-order valence-electron chi connectivity index (χ4n) is 2.39. The molecule has 1 atom stereocenters. The molecule has 1 aromatic heterocycles. The minimum atomic E-state index is 0.0986. The molecule has 1 N–H and O–H groups in total. The fraction of sp³-hybridized carbons (Fsp3) is 0.444. The molecule has 1 aromatic carbocycles. The average Bonchev–Trinajstić information content (AvgIpc) is 2.97. The van der Waals surface area contributed by atoms with Gasteiger partial charge in [0.05, 0.1) is 6.04 Å². The molecule has 0 amide bonds. The highest BCUT2D eigenvalue weighted by Gasteiger charge is 2.17. The summed E-state index contributed by atoms with van der Waals surface area (Å²) in [4.78, 5) is 0. The predicted molar refractivity (Wildman–Crippen MR) is 85.4 cm³/mol. The summed E-state index contributed by atoms with van der Waals surface area (Å²) in [5.41, 5.74) is 2.59. The Bertz CT molecular complexity index is 530. The maximum absolute atomic E-state index is 5.91. The van der Waals surface area contributed by atoms with Gasteiger partial charge in [0.15, 0.2) is 0 Å². The van der Waals surface area contributed by atoms with Crippen LogP contribution < -0.4 is 5.32 Å². The van der Waals surface area contributed by atoms with Crippen LogP contribution in [0.2, 0.25) is 0 Å². The van der Waals surface area contributed by atoms with Gasteiger partial charge in [-0.05, 0) is 42.6 Å². The lowest BCUT2D eigenvalue weighted by molar-refractivity contribution is 0.162. The standard InChI is InChI=1S/C18H25NO2/c1-4-12-19-18(15-8-6-14(5-2)7-9-15)17-11-10-16(21-17)13-20-3/h6-11,18-19H,4-5,12-13H2,1-3H3. The molecule has 3 nitrogen and oxygen atoms in total. The molecular formula is C18H25NO2. The van der Waals surface area contributed by atoms with Gasteiger partial charge in [-0.3, -0.25) is 0 Å². The average molecular weight is 287 g/mol. The van der Waals surface area contributed by atoms with Crippen LogP contribution in [0.15, 0.2) is 40.8 Å². The van der Waals surface area contributed by atoms with Crippen LogP contribution in [-0.2, 0) is 17.8 Å². The van der Waals surface area contributed by atoms with E-state index in [1.165, 1.54) is 11.1 Å². The second-order valence-corrected chi connectivity index (χ2v) is 5.22. The zero-order chi connectivity index (χ0) is 15.1. The number of ether oxygens (including phenoxy) is 1. The molecule has 0 spiro atoms. The molecule has 2 rings (SSSR count). The number of aryl methyl sites for hydroxylation is 1. The summed E-state index contributed by atoms with van der Waals surface area (Å²) in [6.45, 7) is 5.81. The lowest BCUT2D eigenvalue weighted by Crippen LogP contribution is -2.22. The molecule has 0 aliphatic carbocycles. The highest BCUT2D eigenvalue weighted by atomic mass is 16.5. The maximum atomic E-state index is 5.91. The first-order chi connectivity index (χ1) is 10.3. The molecular weight excluding hydrogens is 262 g/mol. The van der Waals surface area contributed by atoms with E-state index in [1.54, 1.807) is 7.11 Å². The Hall–Kier alpha value is -1.58. The zero-order valence-electron chi connectivity index (χ0n) is 13.2. The number of hydrogen-bond acceptors (Lipinski definition) is 3. The lowest BCUT2D eigenvalue weighted by atomic mass is 10.0. The monoisotopic (exact) mass is 287 g/mol. The summed E-state index contributed by atoms with van der Waals surface area (Å²) in [5.74, 6) is 1.81. The zero-order valence-corrected chi connectivity index (χ0v) is 13.2. The third kappa shape index (κ3) is 4.19. The van der Waals surface area contributed by atoms with Crippen LogP contribution >= 0.6 is 0 Å². The van der Waals surface area contributed by atoms with Gasteiger partial charge in [-0.15, -0.1) is 0 Å². The van der Waals surface area contributed by atoms with Crippen molar-refractivity contribution in [2.75, 3.05) is 13.7 Å². The van der Waals surface area contributed by atoms with Crippen molar-refractivity contribution >= 4 is 0 Å². The second-order valence-electron chi connectivity index (χ2n) is 5.22. The van der Waals surface area contributed by atoms with E-state index in [0.717, 1.165) is 30.9 Å². The Labute approximate surface area is 127 Å². The summed E-state index contributed by atoms with van der Waals surface area (Å²) >= 11 is 0. The first-order valence-electron chi connectivity index (χ1n) is 7.68. The Morgan fingerprint density at radius 2 is 1.86 bits per heavy atom. The van der Waals surface area contributed by atoms with E-state index in [2.05, 4.69) is 43.4 Å². The van der Waals surface area contributed by atoms with Crippen molar-refractivity contribution in [3.05, 3.63) is 59.0 Å². The Morgan fingerprint density at radius 1 is 1.10 bits per heavy atom. The Kier molecular flexibility index (Phi) is 6.03. The number of furan rings is 1. The van der Waals surface area contributed by atoms with Gasteiger partial charge in [0.2, 0.25) is 0 Å². The molecule has 2 aromatic rings. The van der Waals surface area contributed by atoms with E-state index in [9.17, 15) is 0 Å². The van der Waals surface area contributed by atoms with Gasteiger partial charge in [0.25, 0.3) is 0 Å². The van der Waals surface area contributed by atoms with Crippen molar-refractivity contribution in [1.82, 2.24) is 5.32 Å². The van der Waals surface area contributed by atoms with Gasteiger partial charge >= 0.3 is 0 Å². The quantitative estimate of drug-likeness (QED) is 0.794. The summed E-state index contributed by atoms with van der Waals surface area (Å²) in [5, 5.41) is 3.56. The van der Waals surface area contributed by atoms with Gasteiger partial charge in [-0.2, -0.15) is 0 Å². The van der Waals surface area contributed by atoms with Crippen LogP contribution in [0.25, 0.3) is 0 Å². The molecule has 3 heteroatoms. The van der Waals surface area contributed by atoms with E-state index in [1.807, 2.05) is 12.1 Å². The summed E-state index contributed by atoms with van der Waals surface area (Å²) in [7, 11) is 1.68. The highest BCUT2D eigenvalue weighted by molar-refractivity contribution is 5.30. The van der Waals surface area contributed by atoms with Gasteiger partial charge < -0.3 is 14.5 Å². The molecule has 0 bridgehead atoms. The van der Waals surface area contributed by atoms with Crippen LogP contribution in [0, 0.1) is 0 Å². The largest absolute Gasteiger partial charge is 0.462 e. The maximum Gasteiger partial charge on any atom is 0.129 e. The molecule has 0 saturated carbocycles. The van der Waals surface area contributed by atoms with E-state index >= 15 is 0 Å². The van der Waals surface area contributed by atoms with Crippen LogP contribution in [0.5, 0.6) is 0 Å².